The molecule has 0 spiro atoms. The second-order valence-corrected chi connectivity index (χ2v) is 13.8. The average Bonchev–Trinajstić information content (AvgIpc) is 3.54. The van der Waals surface area contributed by atoms with Crippen LogP contribution in [0.25, 0.3) is 21.8 Å². The molecule has 8 rings (SSSR count). The predicted molar refractivity (Wildman–Crippen MR) is 186 cm³/mol. The van der Waals surface area contributed by atoms with E-state index >= 15 is 0 Å². The Morgan fingerprint density at radius 2 is 1.67 bits per heavy atom. The van der Waals surface area contributed by atoms with Crippen molar-refractivity contribution in [1.29, 1.82) is 10.5 Å². The van der Waals surface area contributed by atoms with E-state index in [1.54, 1.807) is 0 Å². The predicted octanol–water partition coefficient (Wildman–Crippen LogP) is 8.74. The fourth-order valence-corrected chi connectivity index (χ4v) is 8.81. The summed E-state index contributed by atoms with van der Waals surface area (Å²) in [4.78, 5) is 2.63. The minimum atomic E-state index is -0.424. The molecule has 0 saturated carbocycles. The van der Waals surface area contributed by atoms with Crippen molar-refractivity contribution < 1.29 is 0 Å². The van der Waals surface area contributed by atoms with Gasteiger partial charge in [-0.25, -0.2) is 0 Å². The molecule has 2 aliphatic carbocycles. The van der Waals surface area contributed by atoms with Gasteiger partial charge in [0, 0.05) is 63.1 Å². The van der Waals surface area contributed by atoms with Crippen LogP contribution in [-0.2, 0) is 5.54 Å². The number of rotatable bonds is 3. The Bertz CT molecular complexity index is 2180. The van der Waals surface area contributed by atoms with E-state index < -0.39 is 5.54 Å². The van der Waals surface area contributed by atoms with Crippen LogP contribution >= 0.6 is 0 Å². The van der Waals surface area contributed by atoms with Crippen molar-refractivity contribution in [2.75, 3.05) is 4.90 Å². The second kappa shape index (κ2) is 10.1. The zero-order valence-electron chi connectivity index (χ0n) is 26.7. The standard InChI is InChI=1S/C41H37N5/c1-26-19-28(24-42)13-15-32(26)30-21-31(45-38-12-8-6-10-34(38)36-17-18-44-27(2)41(36,45)4)23-40(3,22-30)46-37-11-7-5-9-33(37)35-20-29(25-43)14-16-39(35)46/h5-22,26-27,32,36,44H,23H2,1-4H3. The lowest BCUT2D eigenvalue weighted by Gasteiger charge is -2.50. The van der Waals surface area contributed by atoms with Crippen LogP contribution in [0.1, 0.15) is 51.2 Å². The summed E-state index contributed by atoms with van der Waals surface area (Å²) in [6.07, 6.45) is 16.5. The van der Waals surface area contributed by atoms with Crippen molar-refractivity contribution in [2.45, 2.75) is 57.2 Å². The van der Waals surface area contributed by atoms with E-state index in [1.165, 1.54) is 22.5 Å². The lowest BCUT2D eigenvalue weighted by atomic mass is 9.74. The van der Waals surface area contributed by atoms with Crippen molar-refractivity contribution in [3.8, 4) is 12.1 Å². The van der Waals surface area contributed by atoms with Crippen molar-refractivity contribution >= 4 is 27.5 Å². The van der Waals surface area contributed by atoms with Crippen molar-refractivity contribution in [1.82, 2.24) is 9.88 Å². The van der Waals surface area contributed by atoms with Crippen molar-refractivity contribution in [3.63, 3.8) is 0 Å². The second-order valence-electron chi connectivity index (χ2n) is 13.8. The summed E-state index contributed by atoms with van der Waals surface area (Å²) in [5.74, 6) is 0.566. The number of hydrogen-bond donors (Lipinski definition) is 1. The first-order valence-corrected chi connectivity index (χ1v) is 16.3. The third kappa shape index (κ3) is 3.91. The Morgan fingerprint density at radius 3 is 2.48 bits per heavy atom. The molecule has 0 fully saturated rings. The topological polar surface area (TPSA) is 67.8 Å². The van der Waals surface area contributed by atoms with Gasteiger partial charge in [-0.2, -0.15) is 10.5 Å². The molecule has 3 heterocycles. The van der Waals surface area contributed by atoms with E-state index in [1.807, 2.05) is 18.2 Å². The molecular formula is C41H37N5. The summed E-state index contributed by atoms with van der Waals surface area (Å²) in [6.45, 7) is 9.29. The van der Waals surface area contributed by atoms with Crippen LogP contribution in [0.3, 0.4) is 0 Å². The van der Waals surface area contributed by atoms with Crippen LogP contribution in [0.4, 0.5) is 5.69 Å². The summed E-state index contributed by atoms with van der Waals surface area (Å²) >= 11 is 0. The minimum Gasteiger partial charge on any atom is -0.386 e. The van der Waals surface area contributed by atoms with Gasteiger partial charge < -0.3 is 14.8 Å². The van der Waals surface area contributed by atoms with E-state index in [0.29, 0.717) is 5.56 Å². The number of aromatic nitrogens is 1. The Balaban J connectivity index is 1.38. The van der Waals surface area contributed by atoms with E-state index in [0.717, 1.165) is 33.8 Å². The molecule has 5 nitrogen and oxygen atoms in total. The molecule has 0 saturated heterocycles. The van der Waals surface area contributed by atoms with Crippen LogP contribution in [0.2, 0.25) is 0 Å². The fraction of sp³-hybridized carbons (Fsp3) is 0.268. The van der Waals surface area contributed by atoms with Gasteiger partial charge in [-0.15, -0.1) is 0 Å². The molecule has 1 aromatic heterocycles. The number of allylic oxidation sites excluding steroid dienone is 8. The lowest BCUT2D eigenvalue weighted by molar-refractivity contribution is 0.309. The molecule has 6 unspecified atom stereocenters. The third-order valence-corrected chi connectivity index (χ3v) is 11.1. The minimum absolute atomic E-state index is 0.133. The maximum absolute atomic E-state index is 9.77. The molecule has 1 N–H and O–H groups in total. The number of hydrogen-bond acceptors (Lipinski definition) is 4. The number of anilines is 1. The van der Waals surface area contributed by atoms with Gasteiger partial charge in [-0.1, -0.05) is 67.6 Å². The smallest absolute Gasteiger partial charge is 0.0991 e. The number of nitrogens with one attached hydrogen (secondary N) is 1. The molecular weight excluding hydrogens is 562 g/mol. The van der Waals surface area contributed by atoms with Gasteiger partial charge in [-0.05, 0) is 86.5 Å². The Labute approximate surface area is 270 Å². The summed E-state index contributed by atoms with van der Waals surface area (Å²) in [6, 6.07) is 28.5. The molecule has 0 radical (unpaired) electrons. The van der Waals surface area contributed by atoms with Crippen molar-refractivity contribution in [2.24, 2.45) is 11.8 Å². The summed E-state index contributed by atoms with van der Waals surface area (Å²) < 4.78 is 2.50. The molecule has 226 valence electrons. The van der Waals surface area contributed by atoms with Gasteiger partial charge in [0.25, 0.3) is 0 Å². The normalized spacial score (nSPS) is 29.7. The quantitative estimate of drug-likeness (QED) is 0.256. The number of benzene rings is 3. The molecule has 2 aliphatic heterocycles. The summed E-state index contributed by atoms with van der Waals surface area (Å²) in [7, 11) is 0. The Hall–Kier alpha value is -5.26. The maximum Gasteiger partial charge on any atom is 0.0991 e. The third-order valence-electron chi connectivity index (χ3n) is 11.1. The number of nitriles is 2. The molecule has 46 heavy (non-hydrogen) atoms. The highest BCUT2D eigenvalue weighted by Gasteiger charge is 2.53. The average molecular weight is 600 g/mol. The highest BCUT2D eigenvalue weighted by molar-refractivity contribution is 6.08. The fourth-order valence-electron chi connectivity index (χ4n) is 8.81. The van der Waals surface area contributed by atoms with Gasteiger partial charge in [-0.3, -0.25) is 0 Å². The number of nitrogens with zero attached hydrogens (tertiary/aromatic N) is 4. The Kier molecular flexibility index (Phi) is 6.22. The SMILES string of the molecule is CC1C=C(C#N)C=CC1C1=CC(C)(n2c3ccccc3c3cc(C#N)ccc32)CC(N2c3ccccc3C3C=CNC(C)C32C)=C1. The van der Waals surface area contributed by atoms with Gasteiger partial charge in [0.2, 0.25) is 0 Å². The van der Waals surface area contributed by atoms with Crippen LogP contribution in [0.5, 0.6) is 0 Å². The molecule has 5 heteroatoms. The first kappa shape index (κ1) is 28.2. The van der Waals surface area contributed by atoms with Gasteiger partial charge in [0.1, 0.15) is 0 Å². The largest absolute Gasteiger partial charge is 0.386 e. The van der Waals surface area contributed by atoms with Crippen LogP contribution < -0.4 is 10.2 Å². The Morgan fingerprint density at radius 1 is 0.891 bits per heavy atom. The van der Waals surface area contributed by atoms with E-state index in [9.17, 15) is 10.5 Å². The first-order valence-electron chi connectivity index (χ1n) is 16.3. The zero-order valence-corrected chi connectivity index (χ0v) is 26.7. The monoisotopic (exact) mass is 599 g/mol. The molecule has 3 aromatic carbocycles. The molecule has 0 bridgehead atoms. The molecule has 6 atom stereocenters. The van der Waals surface area contributed by atoms with E-state index in [4.69, 9.17) is 0 Å². The number of para-hydroxylation sites is 2. The molecule has 4 aromatic rings. The number of fused-ring (bicyclic) bond motifs is 6. The highest BCUT2D eigenvalue weighted by atomic mass is 15.3. The van der Waals surface area contributed by atoms with Crippen LogP contribution in [-0.4, -0.2) is 16.1 Å². The zero-order chi connectivity index (χ0) is 31.8. The van der Waals surface area contributed by atoms with Gasteiger partial charge in [0.15, 0.2) is 0 Å². The first-order chi connectivity index (χ1) is 22.3. The van der Waals surface area contributed by atoms with Crippen LogP contribution in [0, 0.1) is 34.5 Å². The lowest BCUT2D eigenvalue weighted by Crippen LogP contribution is -2.59. The van der Waals surface area contributed by atoms with Crippen molar-refractivity contribution in [3.05, 3.63) is 137 Å². The maximum atomic E-state index is 9.77. The van der Waals surface area contributed by atoms with E-state index in [2.05, 4.69) is 146 Å². The highest BCUT2D eigenvalue weighted by Crippen LogP contribution is 2.55. The summed E-state index contributed by atoms with van der Waals surface area (Å²) in [5.41, 5.74) is 8.22. The summed E-state index contributed by atoms with van der Waals surface area (Å²) in [5, 5.41) is 25.3. The molecule has 4 aliphatic rings. The van der Waals surface area contributed by atoms with Crippen LogP contribution in [0.15, 0.2) is 126 Å². The van der Waals surface area contributed by atoms with E-state index in [-0.39, 0.29) is 29.3 Å². The van der Waals surface area contributed by atoms with Gasteiger partial charge in [0.05, 0.1) is 28.8 Å². The molecule has 0 amide bonds. The van der Waals surface area contributed by atoms with Gasteiger partial charge >= 0.3 is 0 Å².